The molecular weight excluding hydrogens is 306 g/mol. The summed E-state index contributed by atoms with van der Waals surface area (Å²) >= 11 is 11.1. The maximum Gasteiger partial charge on any atom is 0.131 e. The normalized spacial score (nSPS) is 23.6. The summed E-state index contributed by atoms with van der Waals surface area (Å²) in [5.74, 6) is 0.644. The summed E-state index contributed by atoms with van der Waals surface area (Å²) in [6, 6.07) is 5.33. The number of nitrogens with two attached hydrogens (primary N) is 1. The molecule has 1 atom stereocenters. The van der Waals surface area contributed by atoms with E-state index in [2.05, 4.69) is 0 Å². The number of hydrogen-bond acceptors (Lipinski definition) is 3. The summed E-state index contributed by atoms with van der Waals surface area (Å²) in [7, 11) is 0. The second-order valence-corrected chi connectivity index (χ2v) is 6.86. The van der Waals surface area contributed by atoms with E-state index in [4.69, 9.17) is 39.0 Å². The summed E-state index contributed by atoms with van der Waals surface area (Å²) in [5, 5.41) is 0.615. The van der Waals surface area contributed by atoms with Crippen LogP contribution in [0.1, 0.15) is 44.1 Å². The number of ether oxygens (including phenoxy) is 2. The van der Waals surface area contributed by atoms with Crippen LogP contribution in [0.4, 0.5) is 0 Å². The Morgan fingerprint density at radius 3 is 2.86 bits per heavy atom. The Balaban J connectivity index is 1.63. The maximum atomic E-state index is 6.24. The Morgan fingerprint density at radius 1 is 1.38 bits per heavy atom. The van der Waals surface area contributed by atoms with E-state index in [9.17, 15) is 0 Å². The summed E-state index contributed by atoms with van der Waals surface area (Å²) in [6.07, 6.45) is 7.32. The molecule has 114 valence electrons. The van der Waals surface area contributed by atoms with Gasteiger partial charge in [0.05, 0.1) is 17.3 Å². The summed E-state index contributed by atoms with van der Waals surface area (Å²) < 4.78 is 12.1. The minimum absolute atomic E-state index is 0.133. The molecule has 1 saturated heterocycles. The molecule has 1 unspecified atom stereocenters. The van der Waals surface area contributed by atoms with Crippen LogP contribution in [-0.4, -0.2) is 23.3 Å². The third-order valence-electron chi connectivity index (χ3n) is 4.49. The van der Waals surface area contributed by atoms with Gasteiger partial charge >= 0.3 is 0 Å². The molecule has 2 aliphatic rings. The van der Waals surface area contributed by atoms with E-state index < -0.39 is 0 Å². The Morgan fingerprint density at radius 2 is 2.14 bits per heavy atom. The van der Waals surface area contributed by atoms with Gasteiger partial charge in [0.15, 0.2) is 0 Å². The molecule has 1 aromatic carbocycles. The lowest BCUT2D eigenvalue weighted by atomic mass is 9.98. The lowest BCUT2D eigenvalue weighted by Crippen LogP contribution is -2.27. The van der Waals surface area contributed by atoms with Crippen LogP contribution in [0.25, 0.3) is 0 Å². The highest BCUT2D eigenvalue weighted by Gasteiger charge is 2.42. The molecule has 1 heterocycles. The second-order valence-electron chi connectivity index (χ2n) is 5.98. The van der Waals surface area contributed by atoms with Crippen molar-refractivity contribution in [1.29, 1.82) is 0 Å². The Bertz CT molecular complexity index is 543. The van der Waals surface area contributed by atoms with Gasteiger partial charge in [0.25, 0.3) is 0 Å². The molecule has 1 aromatic rings. The van der Waals surface area contributed by atoms with Crippen LogP contribution in [0.2, 0.25) is 5.02 Å². The van der Waals surface area contributed by atoms with Crippen molar-refractivity contribution in [1.82, 2.24) is 0 Å². The Hall–Kier alpha value is -0.840. The number of hydrogen-bond donors (Lipinski definition) is 1. The number of rotatable bonds is 4. The Kier molecular flexibility index (Phi) is 4.38. The molecule has 5 heteroatoms. The third kappa shape index (κ3) is 3.33. The van der Waals surface area contributed by atoms with E-state index in [1.807, 2.05) is 0 Å². The van der Waals surface area contributed by atoms with Crippen molar-refractivity contribution in [3.8, 4) is 5.75 Å². The van der Waals surface area contributed by atoms with Crippen molar-refractivity contribution < 1.29 is 9.47 Å². The molecule has 1 aliphatic heterocycles. The highest BCUT2D eigenvalue weighted by Crippen LogP contribution is 2.43. The molecule has 2 fully saturated rings. The first-order valence-electron chi connectivity index (χ1n) is 7.48. The highest BCUT2D eigenvalue weighted by atomic mass is 35.5. The molecule has 3 nitrogen and oxygen atoms in total. The standard InChI is InChI=1S/C16H20ClNO2S/c17-11-3-4-13(15(18)21)14(9-11)19-10-12-5-8-16(20-12)6-1-2-7-16/h3-4,9,12H,1-2,5-8,10H2,(H2,18,21). The van der Waals surface area contributed by atoms with Crippen LogP contribution in [0.3, 0.4) is 0 Å². The molecule has 0 radical (unpaired) electrons. The van der Waals surface area contributed by atoms with Gasteiger partial charge in [-0.25, -0.2) is 0 Å². The minimum Gasteiger partial charge on any atom is -0.490 e. The van der Waals surface area contributed by atoms with Crippen LogP contribution in [0.5, 0.6) is 5.75 Å². The highest BCUT2D eigenvalue weighted by molar-refractivity contribution is 7.80. The lowest BCUT2D eigenvalue weighted by molar-refractivity contribution is -0.0508. The molecule has 0 amide bonds. The zero-order chi connectivity index (χ0) is 14.9. The first-order valence-corrected chi connectivity index (χ1v) is 8.27. The van der Waals surface area contributed by atoms with Gasteiger partial charge in [-0.3, -0.25) is 0 Å². The number of halogens is 1. The number of thiocarbonyl (C=S) groups is 1. The van der Waals surface area contributed by atoms with Crippen LogP contribution < -0.4 is 10.5 Å². The number of benzene rings is 1. The molecule has 21 heavy (non-hydrogen) atoms. The largest absolute Gasteiger partial charge is 0.490 e. The van der Waals surface area contributed by atoms with Crippen LogP contribution >= 0.6 is 23.8 Å². The molecule has 0 aromatic heterocycles. The quantitative estimate of drug-likeness (QED) is 0.854. The van der Waals surface area contributed by atoms with Gasteiger partial charge in [-0.1, -0.05) is 36.7 Å². The molecule has 1 saturated carbocycles. The van der Waals surface area contributed by atoms with E-state index >= 15 is 0 Å². The van der Waals surface area contributed by atoms with Crippen molar-refractivity contribution >= 4 is 28.8 Å². The average molecular weight is 326 g/mol. The summed E-state index contributed by atoms with van der Waals surface area (Å²) in [5.41, 5.74) is 6.58. The van der Waals surface area contributed by atoms with E-state index in [1.165, 1.54) is 25.7 Å². The predicted molar refractivity (Wildman–Crippen MR) is 88.1 cm³/mol. The smallest absolute Gasteiger partial charge is 0.131 e. The van der Waals surface area contributed by atoms with E-state index in [0.717, 1.165) is 18.4 Å². The van der Waals surface area contributed by atoms with E-state index in [1.54, 1.807) is 18.2 Å². The van der Waals surface area contributed by atoms with Gasteiger partial charge in [0, 0.05) is 5.02 Å². The van der Waals surface area contributed by atoms with Gasteiger partial charge in [0.2, 0.25) is 0 Å². The summed E-state index contributed by atoms with van der Waals surface area (Å²) in [6.45, 7) is 0.526. The van der Waals surface area contributed by atoms with Crippen LogP contribution in [0, 0.1) is 0 Å². The molecule has 1 spiro atoms. The van der Waals surface area contributed by atoms with E-state index in [0.29, 0.717) is 22.4 Å². The predicted octanol–water partition coefficient (Wildman–Crippen LogP) is 3.84. The molecule has 3 rings (SSSR count). The van der Waals surface area contributed by atoms with Crippen LogP contribution in [-0.2, 0) is 4.74 Å². The third-order valence-corrected chi connectivity index (χ3v) is 4.94. The van der Waals surface area contributed by atoms with Gasteiger partial charge in [-0.15, -0.1) is 0 Å². The van der Waals surface area contributed by atoms with Crippen LogP contribution in [0.15, 0.2) is 18.2 Å². The molecule has 2 N–H and O–H groups in total. The summed E-state index contributed by atoms with van der Waals surface area (Å²) in [4.78, 5) is 0.321. The van der Waals surface area contributed by atoms with Gasteiger partial charge in [-0.2, -0.15) is 0 Å². The maximum absolute atomic E-state index is 6.24. The monoisotopic (exact) mass is 325 g/mol. The second kappa shape index (κ2) is 6.11. The fourth-order valence-electron chi connectivity index (χ4n) is 3.40. The average Bonchev–Trinajstić information content (AvgIpc) is 3.07. The molecular formula is C16H20ClNO2S. The Labute approximate surface area is 135 Å². The zero-order valence-corrected chi connectivity index (χ0v) is 13.5. The van der Waals surface area contributed by atoms with E-state index in [-0.39, 0.29) is 11.7 Å². The van der Waals surface area contributed by atoms with Crippen molar-refractivity contribution in [2.45, 2.75) is 50.2 Å². The fraction of sp³-hybridized carbons (Fsp3) is 0.562. The SMILES string of the molecule is NC(=S)c1ccc(Cl)cc1OCC1CCC2(CCCC2)O1. The van der Waals surface area contributed by atoms with Gasteiger partial charge < -0.3 is 15.2 Å². The fourth-order valence-corrected chi connectivity index (χ4v) is 3.73. The van der Waals surface area contributed by atoms with Gasteiger partial charge in [-0.05, 0) is 43.9 Å². The lowest BCUT2D eigenvalue weighted by Gasteiger charge is -2.24. The topological polar surface area (TPSA) is 44.5 Å². The first kappa shape index (κ1) is 15.1. The molecule has 1 aliphatic carbocycles. The first-order chi connectivity index (χ1) is 10.1. The van der Waals surface area contributed by atoms with Crippen molar-refractivity contribution in [3.63, 3.8) is 0 Å². The van der Waals surface area contributed by atoms with Gasteiger partial charge in [0.1, 0.15) is 17.3 Å². The minimum atomic E-state index is 0.133. The van der Waals surface area contributed by atoms with Crippen molar-refractivity contribution in [2.24, 2.45) is 5.73 Å². The molecule has 0 bridgehead atoms. The van der Waals surface area contributed by atoms with Crippen molar-refractivity contribution in [2.75, 3.05) is 6.61 Å². The van der Waals surface area contributed by atoms with Crippen molar-refractivity contribution in [3.05, 3.63) is 28.8 Å². The zero-order valence-electron chi connectivity index (χ0n) is 11.9.